The molecule has 8 nitrogen and oxygen atoms in total. The second kappa shape index (κ2) is 7.75. The molecule has 0 unspecified atom stereocenters. The third-order valence-electron chi connectivity index (χ3n) is 4.27. The topological polar surface area (TPSA) is 111 Å². The van der Waals surface area contributed by atoms with Crippen LogP contribution in [0.25, 0.3) is 0 Å². The third kappa shape index (κ3) is 4.43. The number of H-pyrrole nitrogens is 1. The van der Waals surface area contributed by atoms with E-state index in [4.69, 9.17) is 5.11 Å². The van der Waals surface area contributed by atoms with Crippen molar-refractivity contribution in [2.75, 3.05) is 25.0 Å². The molecule has 0 bridgehead atoms. The first-order chi connectivity index (χ1) is 12.0. The third-order valence-corrected chi connectivity index (χ3v) is 5.18. The van der Waals surface area contributed by atoms with E-state index < -0.39 is 5.97 Å². The highest BCUT2D eigenvalue weighted by molar-refractivity contribution is 7.12. The molecule has 3 heterocycles. The standard InChI is InChI=1S/C16H21N5O3S/c1-10-17-15(20-19-10)11-3-2-6-21(9-11)7-4-13(22)18-12-5-8-25-14(12)16(23)24/h5,8,11H,2-4,6-7,9H2,1H3,(H,18,22)(H,23,24)(H,17,19,20)/t11-/m0/s1. The number of thiophene rings is 1. The number of nitrogens with zero attached hydrogens (tertiary/aromatic N) is 3. The lowest BCUT2D eigenvalue weighted by atomic mass is 9.97. The number of aromatic carboxylic acids is 1. The van der Waals surface area contributed by atoms with E-state index in [1.54, 1.807) is 11.4 Å². The van der Waals surface area contributed by atoms with Gasteiger partial charge in [0.1, 0.15) is 10.7 Å². The quantitative estimate of drug-likeness (QED) is 0.724. The minimum atomic E-state index is -1.02. The van der Waals surface area contributed by atoms with Gasteiger partial charge in [-0.25, -0.2) is 9.78 Å². The van der Waals surface area contributed by atoms with Crippen LogP contribution in [0.5, 0.6) is 0 Å². The van der Waals surface area contributed by atoms with Crippen LogP contribution in [-0.2, 0) is 4.79 Å². The van der Waals surface area contributed by atoms with Crippen molar-refractivity contribution >= 4 is 28.9 Å². The average molecular weight is 363 g/mol. The van der Waals surface area contributed by atoms with Crippen LogP contribution in [0.3, 0.4) is 0 Å². The molecule has 1 atom stereocenters. The minimum Gasteiger partial charge on any atom is -0.477 e. The van der Waals surface area contributed by atoms with Crippen molar-refractivity contribution in [3.05, 3.63) is 28.0 Å². The van der Waals surface area contributed by atoms with Crippen molar-refractivity contribution in [1.29, 1.82) is 0 Å². The van der Waals surface area contributed by atoms with Crippen LogP contribution in [0.1, 0.15) is 46.5 Å². The Morgan fingerprint density at radius 3 is 3.08 bits per heavy atom. The molecule has 25 heavy (non-hydrogen) atoms. The monoisotopic (exact) mass is 363 g/mol. The number of aromatic amines is 1. The summed E-state index contributed by atoms with van der Waals surface area (Å²) in [5.41, 5.74) is 0.371. The molecule has 0 saturated carbocycles. The van der Waals surface area contributed by atoms with Gasteiger partial charge in [-0.15, -0.1) is 11.3 Å². The van der Waals surface area contributed by atoms with E-state index in [1.807, 2.05) is 6.92 Å². The number of anilines is 1. The lowest BCUT2D eigenvalue weighted by molar-refractivity contribution is -0.116. The number of rotatable bonds is 6. The number of aromatic nitrogens is 3. The van der Waals surface area contributed by atoms with Gasteiger partial charge in [0.15, 0.2) is 5.82 Å². The number of carbonyl (C=O) groups is 2. The summed E-state index contributed by atoms with van der Waals surface area (Å²) in [6, 6.07) is 1.62. The molecule has 1 fully saturated rings. The minimum absolute atomic E-state index is 0.159. The van der Waals surface area contributed by atoms with E-state index in [0.29, 0.717) is 18.7 Å². The molecule has 9 heteroatoms. The van der Waals surface area contributed by atoms with Gasteiger partial charge < -0.3 is 15.3 Å². The fraction of sp³-hybridized carbons (Fsp3) is 0.500. The van der Waals surface area contributed by atoms with E-state index in [9.17, 15) is 9.59 Å². The lowest BCUT2D eigenvalue weighted by Gasteiger charge is -2.31. The highest BCUT2D eigenvalue weighted by Gasteiger charge is 2.24. The number of carboxylic acid groups (broad SMARTS) is 1. The molecule has 1 amide bonds. The van der Waals surface area contributed by atoms with Gasteiger partial charge in [-0.1, -0.05) is 0 Å². The number of amides is 1. The van der Waals surface area contributed by atoms with E-state index in [2.05, 4.69) is 25.4 Å². The van der Waals surface area contributed by atoms with Crippen molar-refractivity contribution in [2.45, 2.75) is 32.1 Å². The zero-order valence-electron chi connectivity index (χ0n) is 14.0. The van der Waals surface area contributed by atoms with Gasteiger partial charge in [0.2, 0.25) is 5.91 Å². The number of hydrogen-bond acceptors (Lipinski definition) is 6. The number of aryl methyl sites for hydroxylation is 1. The molecule has 0 spiro atoms. The summed E-state index contributed by atoms with van der Waals surface area (Å²) >= 11 is 1.10. The lowest BCUT2D eigenvalue weighted by Crippen LogP contribution is -2.36. The van der Waals surface area contributed by atoms with Crippen LogP contribution in [-0.4, -0.2) is 56.7 Å². The van der Waals surface area contributed by atoms with Crippen LogP contribution in [0.4, 0.5) is 5.69 Å². The molecule has 134 valence electrons. The van der Waals surface area contributed by atoms with E-state index >= 15 is 0 Å². The van der Waals surface area contributed by atoms with Gasteiger partial charge in [0.25, 0.3) is 0 Å². The van der Waals surface area contributed by atoms with Crippen molar-refractivity contribution in [3.63, 3.8) is 0 Å². The highest BCUT2D eigenvalue weighted by atomic mass is 32.1. The van der Waals surface area contributed by atoms with Gasteiger partial charge in [-0.3, -0.25) is 9.89 Å². The summed E-state index contributed by atoms with van der Waals surface area (Å²) in [4.78, 5) is 30.0. The predicted molar refractivity (Wildman–Crippen MR) is 94.1 cm³/mol. The smallest absolute Gasteiger partial charge is 0.348 e. The summed E-state index contributed by atoms with van der Waals surface area (Å²) < 4.78 is 0. The maximum atomic E-state index is 12.1. The molecule has 1 saturated heterocycles. The predicted octanol–water partition coefficient (Wildman–Crippen LogP) is 2.08. The summed E-state index contributed by atoms with van der Waals surface area (Å²) in [6.07, 6.45) is 2.43. The number of likely N-dealkylation sites (tertiary alicyclic amines) is 1. The Balaban J connectivity index is 1.50. The fourth-order valence-electron chi connectivity index (χ4n) is 3.06. The Hall–Kier alpha value is -2.26. The Morgan fingerprint density at radius 1 is 1.52 bits per heavy atom. The highest BCUT2D eigenvalue weighted by Crippen LogP contribution is 2.25. The van der Waals surface area contributed by atoms with Gasteiger partial charge in [0, 0.05) is 25.4 Å². The van der Waals surface area contributed by atoms with E-state index in [-0.39, 0.29) is 16.7 Å². The maximum Gasteiger partial charge on any atom is 0.348 e. The van der Waals surface area contributed by atoms with E-state index in [1.165, 1.54) is 0 Å². The molecule has 3 rings (SSSR count). The number of piperidine rings is 1. The Kier molecular flexibility index (Phi) is 5.44. The van der Waals surface area contributed by atoms with Crippen LogP contribution in [0, 0.1) is 6.92 Å². The number of carboxylic acids is 1. The van der Waals surface area contributed by atoms with Crippen LogP contribution >= 0.6 is 11.3 Å². The van der Waals surface area contributed by atoms with Gasteiger partial charge in [-0.05, 0) is 37.8 Å². The molecule has 0 aliphatic carbocycles. The summed E-state index contributed by atoms with van der Waals surface area (Å²) in [5, 5.41) is 20.6. The molecule has 1 aliphatic rings. The normalized spacial score (nSPS) is 18.2. The van der Waals surface area contributed by atoms with Crippen LogP contribution in [0.2, 0.25) is 0 Å². The SMILES string of the molecule is Cc1nc([C@H]2CCCN(CCC(=O)Nc3ccsc3C(=O)O)C2)n[nH]1. The summed E-state index contributed by atoms with van der Waals surface area (Å²) in [6.45, 7) is 4.31. The zero-order valence-corrected chi connectivity index (χ0v) is 14.8. The first-order valence-electron chi connectivity index (χ1n) is 8.25. The maximum absolute atomic E-state index is 12.1. The average Bonchev–Trinajstić information content (AvgIpc) is 3.22. The molecular formula is C16H21N5O3S. The number of nitrogens with one attached hydrogen (secondary N) is 2. The molecule has 1 aliphatic heterocycles. The molecule has 2 aromatic heterocycles. The first kappa shape index (κ1) is 17.6. The van der Waals surface area contributed by atoms with Crippen LogP contribution < -0.4 is 5.32 Å². The largest absolute Gasteiger partial charge is 0.477 e. The van der Waals surface area contributed by atoms with E-state index in [0.717, 1.165) is 48.9 Å². The van der Waals surface area contributed by atoms with Gasteiger partial charge in [-0.2, -0.15) is 5.10 Å². The second-order valence-corrected chi connectivity index (χ2v) is 7.10. The molecule has 2 aromatic rings. The Bertz CT molecular complexity index is 757. The Morgan fingerprint density at radius 2 is 2.36 bits per heavy atom. The second-order valence-electron chi connectivity index (χ2n) is 6.19. The molecular weight excluding hydrogens is 342 g/mol. The molecule has 3 N–H and O–H groups in total. The molecule has 0 radical (unpaired) electrons. The first-order valence-corrected chi connectivity index (χ1v) is 9.13. The van der Waals surface area contributed by atoms with Gasteiger partial charge >= 0.3 is 5.97 Å². The van der Waals surface area contributed by atoms with Crippen molar-refractivity contribution in [1.82, 2.24) is 20.1 Å². The molecule has 0 aromatic carbocycles. The van der Waals surface area contributed by atoms with Crippen molar-refractivity contribution < 1.29 is 14.7 Å². The van der Waals surface area contributed by atoms with Crippen molar-refractivity contribution in [2.24, 2.45) is 0 Å². The van der Waals surface area contributed by atoms with Crippen LogP contribution in [0.15, 0.2) is 11.4 Å². The summed E-state index contributed by atoms with van der Waals surface area (Å²) in [7, 11) is 0. The number of hydrogen-bond donors (Lipinski definition) is 3. The summed E-state index contributed by atoms with van der Waals surface area (Å²) in [5.74, 6) is 0.757. The zero-order chi connectivity index (χ0) is 17.8. The number of carbonyl (C=O) groups excluding carboxylic acids is 1. The fourth-order valence-corrected chi connectivity index (χ4v) is 3.74. The Labute approximate surface area is 149 Å². The van der Waals surface area contributed by atoms with Crippen molar-refractivity contribution in [3.8, 4) is 0 Å². The van der Waals surface area contributed by atoms with Gasteiger partial charge in [0.05, 0.1) is 5.69 Å².